The molecule has 16 heavy (non-hydrogen) atoms. The van der Waals surface area contributed by atoms with Gasteiger partial charge >= 0.3 is 0 Å². The number of aliphatic hydroxyl groups is 1. The Morgan fingerprint density at radius 2 is 1.94 bits per heavy atom. The molecule has 1 atom stereocenters. The maximum Gasteiger partial charge on any atom is 0.180 e. The minimum atomic E-state index is -3.49. The van der Waals surface area contributed by atoms with Crippen LogP contribution in [0.25, 0.3) is 0 Å². The van der Waals surface area contributed by atoms with Crippen LogP contribution in [0.15, 0.2) is 29.2 Å². The second kappa shape index (κ2) is 5.52. The maximum atomic E-state index is 11.7. The summed E-state index contributed by atoms with van der Waals surface area (Å²) in [5, 5.41) is 9.22. The molecule has 1 aromatic rings. The molecule has 0 aliphatic heterocycles. The van der Waals surface area contributed by atoms with E-state index in [4.69, 9.17) is 16.3 Å². The molecule has 4 nitrogen and oxygen atoms in total. The number of sulfone groups is 1. The van der Waals surface area contributed by atoms with Crippen molar-refractivity contribution in [2.75, 3.05) is 18.7 Å². The van der Waals surface area contributed by atoms with E-state index in [1.165, 1.54) is 19.2 Å². The lowest BCUT2D eigenvalue weighted by atomic mass is 10.3. The van der Waals surface area contributed by atoms with E-state index in [2.05, 4.69) is 0 Å². The third-order valence-corrected chi connectivity index (χ3v) is 4.18. The van der Waals surface area contributed by atoms with Gasteiger partial charge in [-0.05, 0) is 24.3 Å². The van der Waals surface area contributed by atoms with Crippen molar-refractivity contribution in [3.05, 3.63) is 24.3 Å². The highest BCUT2D eigenvalue weighted by Crippen LogP contribution is 2.17. The first-order valence-corrected chi connectivity index (χ1v) is 6.79. The van der Waals surface area contributed by atoms with E-state index >= 15 is 0 Å². The smallest absolute Gasteiger partial charge is 0.180 e. The lowest BCUT2D eigenvalue weighted by Crippen LogP contribution is -2.22. The van der Waals surface area contributed by atoms with Gasteiger partial charge in [0.15, 0.2) is 9.84 Å². The largest absolute Gasteiger partial charge is 0.497 e. The molecule has 1 N–H and O–H groups in total. The number of halogens is 1. The average Bonchev–Trinajstić information content (AvgIpc) is 2.28. The summed E-state index contributed by atoms with van der Waals surface area (Å²) >= 11 is 5.36. The summed E-state index contributed by atoms with van der Waals surface area (Å²) in [6.45, 7) is 0. The Bertz CT molecular complexity index is 427. The quantitative estimate of drug-likeness (QED) is 0.808. The Morgan fingerprint density at radius 3 is 2.38 bits per heavy atom. The van der Waals surface area contributed by atoms with Crippen molar-refractivity contribution in [3.63, 3.8) is 0 Å². The molecule has 0 radical (unpaired) electrons. The summed E-state index contributed by atoms with van der Waals surface area (Å²) in [4.78, 5) is 0.150. The van der Waals surface area contributed by atoms with Gasteiger partial charge in [0.05, 0.1) is 23.9 Å². The van der Waals surface area contributed by atoms with Crippen LogP contribution in [0.1, 0.15) is 0 Å². The predicted molar refractivity (Wildman–Crippen MR) is 61.8 cm³/mol. The van der Waals surface area contributed by atoms with Crippen molar-refractivity contribution in [1.82, 2.24) is 0 Å². The van der Waals surface area contributed by atoms with Crippen molar-refractivity contribution < 1.29 is 18.3 Å². The van der Waals surface area contributed by atoms with E-state index < -0.39 is 15.9 Å². The molecule has 1 aromatic carbocycles. The standard InChI is InChI=1S/C10H13ClO4S/c1-15-9-2-4-10(5-3-9)16(13,14)7-8(12)6-11/h2-5,8,12H,6-7H2,1H3. The molecular weight excluding hydrogens is 252 g/mol. The van der Waals surface area contributed by atoms with Crippen LogP contribution in [0.4, 0.5) is 0 Å². The van der Waals surface area contributed by atoms with Gasteiger partial charge in [0, 0.05) is 5.88 Å². The molecule has 0 heterocycles. The minimum Gasteiger partial charge on any atom is -0.497 e. The third-order valence-electron chi connectivity index (χ3n) is 2.01. The first kappa shape index (κ1) is 13.3. The van der Waals surface area contributed by atoms with E-state index in [0.29, 0.717) is 5.75 Å². The molecular formula is C10H13ClO4S. The Morgan fingerprint density at radius 1 is 1.38 bits per heavy atom. The normalized spacial score (nSPS) is 13.4. The second-order valence-electron chi connectivity index (χ2n) is 3.27. The zero-order valence-corrected chi connectivity index (χ0v) is 10.3. The lowest BCUT2D eigenvalue weighted by Gasteiger charge is -2.08. The lowest BCUT2D eigenvalue weighted by molar-refractivity contribution is 0.221. The molecule has 0 amide bonds. The number of hydrogen-bond acceptors (Lipinski definition) is 4. The summed E-state index contributed by atoms with van der Waals surface area (Å²) in [5.41, 5.74) is 0. The van der Waals surface area contributed by atoms with Gasteiger partial charge in [0.2, 0.25) is 0 Å². The van der Waals surface area contributed by atoms with Gasteiger partial charge in [-0.25, -0.2) is 8.42 Å². The van der Waals surface area contributed by atoms with Crippen LogP contribution in [0.3, 0.4) is 0 Å². The van der Waals surface area contributed by atoms with Crippen molar-refractivity contribution in [1.29, 1.82) is 0 Å². The van der Waals surface area contributed by atoms with Gasteiger partial charge in [-0.3, -0.25) is 0 Å². The second-order valence-corrected chi connectivity index (χ2v) is 5.61. The molecule has 0 saturated carbocycles. The fraction of sp³-hybridized carbons (Fsp3) is 0.400. The van der Waals surface area contributed by atoms with E-state index in [9.17, 15) is 13.5 Å². The number of methoxy groups -OCH3 is 1. The molecule has 6 heteroatoms. The summed E-state index contributed by atoms with van der Waals surface area (Å²) in [6, 6.07) is 5.99. The molecule has 0 aliphatic rings. The van der Waals surface area contributed by atoms with Gasteiger partial charge in [-0.2, -0.15) is 0 Å². The van der Waals surface area contributed by atoms with E-state index in [-0.39, 0.29) is 16.5 Å². The maximum absolute atomic E-state index is 11.7. The number of hydrogen-bond donors (Lipinski definition) is 1. The fourth-order valence-corrected chi connectivity index (χ4v) is 2.78. The van der Waals surface area contributed by atoms with E-state index in [0.717, 1.165) is 0 Å². The highest BCUT2D eigenvalue weighted by Gasteiger charge is 2.19. The molecule has 0 aromatic heterocycles. The van der Waals surface area contributed by atoms with Crippen molar-refractivity contribution >= 4 is 21.4 Å². The molecule has 0 aliphatic carbocycles. The Hall–Kier alpha value is -0.780. The molecule has 0 saturated heterocycles. The van der Waals surface area contributed by atoms with Crippen LogP contribution in [0, 0.1) is 0 Å². The number of alkyl halides is 1. The van der Waals surface area contributed by atoms with Crippen molar-refractivity contribution in [2.24, 2.45) is 0 Å². The first-order valence-electron chi connectivity index (χ1n) is 4.60. The molecule has 1 rings (SSSR count). The third kappa shape index (κ3) is 3.37. The minimum absolute atomic E-state index is 0.102. The van der Waals surface area contributed by atoms with Gasteiger partial charge < -0.3 is 9.84 Å². The van der Waals surface area contributed by atoms with Crippen LogP contribution in [0.5, 0.6) is 5.75 Å². The fourth-order valence-electron chi connectivity index (χ4n) is 1.18. The summed E-state index contributed by atoms with van der Waals surface area (Å²) in [6.07, 6.45) is -1.05. The van der Waals surface area contributed by atoms with Gasteiger partial charge in [0.25, 0.3) is 0 Å². The highest BCUT2D eigenvalue weighted by atomic mass is 35.5. The van der Waals surface area contributed by atoms with Crippen molar-refractivity contribution in [3.8, 4) is 5.75 Å². The monoisotopic (exact) mass is 264 g/mol. The van der Waals surface area contributed by atoms with Gasteiger partial charge in [-0.1, -0.05) is 0 Å². The Labute approximate surface area is 99.7 Å². The molecule has 0 fully saturated rings. The number of benzene rings is 1. The first-order chi connectivity index (χ1) is 7.49. The highest BCUT2D eigenvalue weighted by molar-refractivity contribution is 7.91. The number of rotatable bonds is 5. The zero-order chi connectivity index (χ0) is 12.2. The summed E-state index contributed by atoms with van der Waals surface area (Å²) in [5.74, 6) is 0.106. The van der Waals surface area contributed by atoms with Crippen LogP contribution in [0.2, 0.25) is 0 Å². The summed E-state index contributed by atoms with van der Waals surface area (Å²) < 4.78 is 28.4. The van der Waals surface area contributed by atoms with Gasteiger partial charge in [-0.15, -0.1) is 11.6 Å². The SMILES string of the molecule is COc1ccc(S(=O)(=O)CC(O)CCl)cc1. The summed E-state index contributed by atoms with van der Waals surface area (Å²) in [7, 11) is -1.99. The van der Waals surface area contributed by atoms with Crippen LogP contribution in [-0.4, -0.2) is 38.4 Å². The van der Waals surface area contributed by atoms with Crippen LogP contribution >= 0.6 is 11.6 Å². The van der Waals surface area contributed by atoms with Crippen molar-refractivity contribution in [2.45, 2.75) is 11.0 Å². The number of ether oxygens (including phenoxy) is 1. The molecule has 90 valence electrons. The molecule has 0 spiro atoms. The molecule has 0 bridgehead atoms. The zero-order valence-electron chi connectivity index (χ0n) is 8.76. The Kier molecular flexibility index (Phi) is 4.58. The van der Waals surface area contributed by atoms with E-state index in [1.807, 2.05) is 0 Å². The number of aliphatic hydroxyl groups excluding tert-OH is 1. The van der Waals surface area contributed by atoms with Crippen LogP contribution in [-0.2, 0) is 9.84 Å². The average molecular weight is 265 g/mol. The topological polar surface area (TPSA) is 63.6 Å². The van der Waals surface area contributed by atoms with E-state index in [1.54, 1.807) is 12.1 Å². The Balaban J connectivity index is 2.90. The molecule has 1 unspecified atom stereocenters. The predicted octanol–water partition coefficient (Wildman–Crippen LogP) is 1.07. The van der Waals surface area contributed by atoms with Crippen LogP contribution < -0.4 is 4.74 Å². The van der Waals surface area contributed by atoms with Gasteiger partial charge in [0.1, 0.15) is 5.75 Å².